The number of ether oxygens (including phenoxy) is 1. The molecule has 142 valence electrons. The Morgan fingerprint density at radius 2 is 1.85 bits per heavy atom. The monoisotopic (exact) mass is 369 g/mol. The second kappa shape index (κ2) is 7.06. The van der Waals surface area contributed by atoms with Crippen molar-refractivity contribution in [3.63, 3.8) is 0 Å². The zero-order chi connectivity index (χ0) is 19.0. The highest BCUT2D eigenvalue weighted by Gasteiger charge is 2.34. The minimum Gasteiger partial charge on any atom is -0.497 e. The summed E-state index contributed by atoms with van der Waals surface area (Å²) in [4.78, 5) is 44.7. The van der Waals surface area contributed by atoms with Gasteiger partial charge in [0.05, 0.1) is 7.11 Å². The summed E-state index contributed by atoms with van der Waals surface area (Å²) in [5, 5.41) is 0.431. The van der Waals surface area contributed by atoms with Gasteiger partial charge in [-0.15, -0.1) is 0 Å². The van der Waals surface area contributed by atoms with Crippen LogP contribution in [0.4, 0.5) is 0 Å². The number of hydrogen-bond acceptors (Lipinski definition) is 4. The third-order valence-corrected chi connectivity index (χ3v) is 5.34. The normalized spacial score (nSPS) is 17.7. The first-order valence-electron chi connectivity index (χ1n) is 9.36. The molecule has 1 saturated heterocycles. The minimum absolute atomic E-state index is 0.123. The molecule has 7 nitrogen and oxygen atoms in total. The van der Waals surface area contributed by atoms with Crippen LogP contribution in [0.5, 0.6) is 5.75 Å². The van der Waals surface area contributed by atoms with Crippen LogP contribution in [-0.2, 0) is 4.79 Å². The second-order valence-corrected chi connectivity index (χ2v) is 7.19. The molecule has 2 amide bonds. The van der Waals surface area contributed by atoms with Gasteiger partial charge in [-0.25, -0.2) is 0 Å². The molecule has 2 aromatic rings. The molecule has 1 aromatic heterocycles. The van der Waals surface area contributed by atoms with Gasteiger partial charge in [0.25, 0.3) is 5.91 Å². The van der Waals surface area contributed by atoms with E-state index in [1.54, 1.807) is 23.1 Å². The number of pyridine rings is 1. The lowest BCUT2D eigenvalue weighted by Gasteiger charge is -2.22. The molecule has 1 aliphatic carbocycles. The Morgan fingerprint density at radius 1 is 1.11 bits per heavy atom. The average molecular weight is 369 g/mol. The van der Waals surface area contributed by atoms with Crippen LogP contribution >= 0.6 is 0 Å². The number of carbonyl (C=O) groups excluding carboxylic acids is 2. The number of amides is 2. The number of H-pyrrole nitrogens is 1. The standard InChI is InChI=1S/C20H23N3O4/c1-27-14-5-6-17-15(11-14)18(24)16(12-21-17)20(26)23-8-2-7-22(9-10-23)19(25)13-3-4-13/h5-6,11-13H,2-4,7-10H2,1H3,(H,21,24). The van der Waals surface area contributed by atoms with E-state index in [-0.39, 0.29) is 28.7 Å². The Hall–Kier alpha value is -2.83. The maximum absolute atomic E-state index is 13.0. The number of carbonyl (C=O) groups is 2. The van der Waals surface area contributed by atoms with E-state index < -0.39 is 0 Å². The zero-order valence-electron chi connectivity index (χ0n) is 15.4. The Labute approximate surface area is 156 Å². The molecule has 4 rings (SSSR count). The van der Waals surface area contributed by atoms with E-state index in [0.717, 1.165) is 19.3 Å². The van der Waals surface area contributed by atoms with Crippen LogP contribution in [0, 0.1) is 5.92 Å². The molecule has 1 aliphatic heterocycles. The molecule has 0 spiro atoms. The molecule has 0 atom stereocenters. The SMILES string of the molecule is COc1ccc2[nH]cc(C(=O)N3CCCN(C(=O)C4CC4)CC3)c(=O)c2c1. The first-order chi connectivity index (χ1) is 13.1. The molecule has 1 aromatic carbocycles. The van der Waals surface area contributed by atoms with Gasteiger partial charge < -0.3 is 19.5 Å². The molecule has 1 saturated carbocycles. The topological polar surface area (TPSA) is 82.7 Å². The van der Waals surface area contributed by atoms with Gasteiger partial charge in [0, 0.05) is 49.2 Å². The number of methoxy groups -OCH3 is 1. The molecular formula is C20H23N3O4. The van der Waals surface area contributed by atoms with Crippen molar-refractivity contribution < 1.29 is 14.3 Å². The summed E-state index contributed by atoms with van der Waals surface area (Å²) in [7, 11) is 1.54. The average Bonchev–Trinajstić information content (AvgIpc) is 3.54. The molecule has 7 heteroatoms. The van der Waals surface area contributed by atoms with Crippen molar-refractivity contribution in [2.75, 3.05) is 33.3 Å². The van der Waals surface area contributed by atoms with E-state index in [1.807, 2.05) is 4.90 Å². The summed E-state index contributed by atoms with van der Waals surface area (Å²) in [5.74, 6) is 0.675. The molecule has 0 radical (unpaired) electrons. The van der Waals surface area contributed by atoms with Crippen molar-refractivity contribution in [2.24, 2.45) is 5.92 Å². The van der Waals surface area contributed by atoms with E-state index in [1.165, 1.54) is 13.3 Å². The fourth-order valence-corrected chi connectivity index (χ4v) is 3.58. The van der Waals surface area contributed by atoms with Gasteiger partial charge in [-0.05, 0) is 37.5 Å². The summed E-state index contributed by atoms with van der Waals surface area (Å²) in [6.45, 7) is 2.19. The van der Waals surface area contributed by atoms with Crippen molar-refractivity contribution in [1.29, 1.82) is 0 Å². The first-order valence-corrected chi connectivity index (χ1v) is 9.36. The molecule has 27 heavy (non-hydrogen) atoms. The van der Waals surface area contributed by atoms with Gasteiger partial charge in [0.15, 0.2) is 0 Å². The predicted octanol–water partition coefficient (Wildman–Crippen LogP) is 1.62. The lowest BCUT2D eigenvalue weighted by atomic mass is 10.1. The van der Waals surface area contributed by atoms with Crippen LogP contribution < -0.4 is 10.2 Å². The van der Waals surface area contributed by atoms with Gasteiger partial charge in [-0.2, -0.15) is 0 Å². The van der Waals surface area contributed by atoms with E-state index in [9.17, 15) is 14.4 Å². The van der Waals surface area contributed by atoms with Crippen molar-refractivity contribution in [3.8, 4) is 5.75 Å². The summed E-state index contributed by atoms with van der Waals surface area (Å²) in [5.41, 5.74) is 0.481. The van der Waals surface area contributed by atoms with Crippen molar-refractivity contribution in [2.45, 2.75) is 19.3 Å². The number of fused-ring (bicyclic) bond motifs is 1. The first kappa shape index (κ1) is 17.6. The Kier molecular flexibility index (Phi) is 4.59. The van der Waals surface area contributed by atoms with E-state index >= 15 is 0 Å². The minimum atomic E-state index is -0.303. The maximum atomic E-state index is 13.0. The van der Waals surface area contributed by atoms with Crippen molar-refractivity contribution in [1.82, 2.24) is 14.8 Å². The number of aromatic nitrogens is 1. The molecule has 2 fully saturated rings. The largest absolute Gasteiger partial charge is 0.497 e. The van der Waals surface area contributed by atoms with Crippen LogP contribution in [0.15, 0.2) is 29.2 Å². The van der Waals surface area contributed by atoms with Crippen LogP contribution in [0.2, 0.25) is 0 Å². The van der Waals surface area contributed by atoms with E-state index in [0.29, 0.717) is 42.8 Å². The molecule has 2 heterocycles. The van der Waals surface area contributed by atoms with Gasteiger partial charge >= 0.3 is 0 Å². The molecule has 0 bridgehead atoms. The third-order valence-electron chi connectivity index (χ3n) is 5.34. The number of rotatable bonds is 3. The van der Waals surface area contributed by atoms with Gasteiger partial charge in [-0.3, -0.25) is 14.4 Å². The second-order valence-electron chi connectivity index (χ2n) is 7.19. The predicted molar refractivity (Wildman–Crippen MR) is 101 cm³/mol. The number of aromatic amines is 1. The smallest absolute Gasteiger partial charge is 0.259 e. The fraction of sp³-hybridized carbons (Fsp3) is 0.450. The number of nitrogens with one attached hydrogen (secondary N) is 1. The summed E-state index contributed by atoms with van der Waals surface area (Å²) in [6.07, 6.45) is 4.17. The van der Waals surface area contributed by atoms with Crippen LogP contribution in [0.25, 0.3) is 10.9 Å². The lowest BCUT2D eigenvalue weighted by Crippen LogP contribution is -2.39. The Bertz CT molecular complexity index is 948. The summed E-state index contributed by atoms with van der Waals surface area (Å²) in [6, 6.07) is 5.17. The lowest BCUT2D eigenvalue weighted by molar-refractivity contribution is -0.132. The summed E-state index contributed by atoms with van der Waals surface area (Å²) >= 11 is 0. The Balaban J connectivity index is 1.56. The highest BCUT2D eigenvalue weighted by atomic mass is 16.5. The quantitative estimate of drug-likeness (QED) is 0.891. The van der Waals surface area contributed by atoms with Gasteiger partial charge in [0.1, 0.15) is 11.3 Å². The maximum Gasteiger partial charge on any atom is 0.259 e. The van der Waals surface area contributed by atoms with Crippen LogP contribution in [0.3, 0.4) is 0 Å². The fourth-order valence-electron chi connectivity index (χ4n) is 3.58. The number of benzene rings is 1. The number of hydrogen-bond donors (Lipinski definition) is 1. The molecular weight excluding hydrogens is 346 g/mol. The zero-order valence-corrected chi connectivity index (χ0v) is 15.4. The molecule has 0 unspecified atom stereocenters. The molecule has 2 aliphatic rings. The van der Waals surface area contributed by atoms with E-state index in [2.05, 4.69) is 4.98 Å². The van der Waals surface area contributed by atoms with E-state index in [4.69, 9.17) is 4.74 Å². The third kappa shape index (κ3) is 3.41. The Morgan fingerprint density at radius 3 is 2.59 bits per heavy atom. The van der Waals surface area contributed by atoms with Gasteiger partial charge in [0.2, 0.25) is 11.3 Å². The highest BCUT2D eigenvalue weighted by molar-refractivity contribution is 5.97. The number of nitrogens with zero attached hydrogens (tertiary/aromatic N) is 2. The highest BCUT2D eigenvalue weighted by Crippen LogP contribution is 2.31. The van der Waals surface area contributed by atoms with Crippen molar-refractivity contribution in [3.05, 3.63) is 40.2 Å². The molecule has 1 N–H and O–H groups in total. The van der Waals surface area contributed by atoms with Gasteiger partial charge in [-0.1, -0.05) is 0 Å². The van der Waals surface area contributed by atoms with Crippen LogP contribution in [-0.4, -0.2) is 59.9 Å². The van der Waals surface area contributed by atoms with Crippen molar-refractivity contribution >= 4 is 22.7 Å². The van der Waals surface area contributed by atoms with Crippen LogP contribution in [0.1, 0.15) is 29.6 Å². The summed E-state index contributed by atoms with van der Waals surface area (Å²) < 4.78 is 5.18.